The van der Waals surface area contributed by atoms with Crippen molar-refractivity contribution in [2.24, 2.45) is 0 Å². The van der Waals surface area contributed by atoms with E-state index in [1.807, 2.05) is 53.4 Å². The van der Waals surface area contributed by atoms with Crippen LogP contribution in [0.5, 0.6) is 0 Å². The van der Waals surface area contributed by atoms with E-state index in [-0.39, 0.29) is 11.9 Å². The predicted molar refractivity (Wildman–Crippen MR) is 106 cm³/mol. The molecular weight excluding hydrogens is 365 g/mol. The largest absolute Gasteiger partial charge is 0.327 e. The minimum absolute atomic E-state index is 0.0121. The minimum Gasteiger partial charge on any atom is -0.327 e. The maximum Gasteiger partial charge on any atom is 0.254 e. The molecule has 0 saturated heterocycles. The SMILES string of the molecule is O=C(c1cccc(Cl)c1)N1CCc2ccccc2[C@H]1c1ccc(Cl)cc1. The number of amides is 1. The van der Waals surface area contributed by atoms with Gasteiger partial charge in [0.2, 0.25) is 0 Å². The Morgan fingerprint density at radius 2 is 1.65 bits per heavy atom. The first-order valence-corrected chi connectivity index (χ1v) is 9.29. The third-order valence-electron chi connectivity index (χ3n) is 4.80. The zero-order valence-corrected chi connectivity index (χ0v) is 15.5. The zero-order chi connectivity index (χ0) is 18.1. The van der Waals surface area contributed by atoms with E-state index in [9.17, 15) is 4.79 Å². The van der Waals surface area contributed by atoms with Gasteiger partial charge in [-0.05, 0) is 53.4 Å². The van der Waals surface area contributed by atoms with E-state index in [0.29, 0.717) is 22.2 Å². The summed E-state index contributed by atoms with van der Waals surface area (Å²) in [6.07, 6.45) is 0.840. The second-order valence-electron chi connectivity index (χ2n) is 6.41. The Kier molecular flexibility index (Phi) is 4.71. The second-order valence-corrected chi connectivity index (χ2v) is 7.28. The van der Waals surface area contributed by atoms with Crippen LogP contribution in [0.25, 0.3) is 0 Å². The number of hydrogen-bond acceptors (Lipinski definition) is 1. The predicted octanol–water partition coefficient (Wildman–Crippen LogP) is 5.78. The lowest BCUT2D eigenvalue weighted by atomic mass is 9.87. The standard InChI is InChI=1S/C22H17Cl2NO/c23-18-10-8-16(9-11-18)21-20-7-2-1-4-15(20)12-13-25(21)22(26)17-5-3-6-19(24)14-17/h1-11,14,21H,12-13H2/t21-/m1/s1. The van der Waals surface area contributed by atoms with Crippen LogP contribution in [-0.4, -0.2) is 17.4 Å². The molecule has 0 saturated carbocycles. The van der Waals surface area contributed by atoms with E-state index in [4.69, 9.17) is 23.2 Å². The van der Waals surface area contributed by atoms with Crippen molar-refractivity contribution in [1.29, 1.82) is 0 Å². The van der Waals surface area contributed by atoms with E-state index in [1.54, 1.807) is 12.1 Å². The molecule has 0 radical (unpaired) electrons. The van der Waals surface area contributed by atoms with Gasteiger partial charge in [0.25, 0.3) is 5.91 Å². The normalized spacial score (nSPS) is 16.2. The molecule has 0 fully saturated rings. The van der Waals surface area contributed by atoms with E-state index in [1.165, 1.54) is 5.56 Å². The van der Waals surface area contributed by atoms with Gasteiger partial charge >= 0.3 is 0 Å². The van der Waals surface area contributed by atoms with Crippen molar-refractivity contribution >= 4 is 29.1 Å². The fourth-order valence-corrected chi connectivity index (χ4v) is 3.89. The molecule has 4 rings (SSSR count). The van der Waals surface area contributed by atoms with Gasteiger partial charge in [0.1, 0.15) is 0 Å². The van der Waals surface area contributed by atoms with Gasteiger partial charge in [0.15, 0.2) is 0 Å². The van der Waals surface area contributed by atoms with Gasteiger partial charge in [0, 0.05) is 22.2 Å². The first-order chi connectivity index (χ1) is 12.6. The van der Waals surface area contributed by atoms with Crippen LogP contribution in [0.4, 0.5) is 0 Å². The lowest BCUT2D eigenvalue weighted by molar-refractivity contribution is 0.0694. The van der Waals surface area contributed by atoms with Gasteiger partial charge < -0.3 is 4.90 Å². The Morgan fingerprint density at radius 1 is 0.885 bits per heavy atom. The summed E-state index contributed by atoms with van der Waals surface area (Å²) in [6.45, 7) is 0.662. The van der Waals surface area contributed by atoms with Crippen LogP contribution in [0.15, 0.2) is 72.8 Å². The molecule has 0 N–H and O–H groups in total. The van der Waals surface area contributed by atoms with Crippen molar-refractivity contribution in [2.45, 2.75) is 12.5 Å². The third kappa shape index (κ3) is 3.23. The van der Waals surface area contributed by atoms with Gasteiger partial charge in [-0.3, -0.25) is 4.79 Å². The highest BCUT2D eigenvalue weighted by molar-refractivity contribution is 6.31. The van der Waals surface area contributed by atoms with E-state index in [2.05, 4.69) is 12.1 Å². The summed E-state index contributed by atoms with van der Waals surface area (Å²) >= 11 is 12.2. The van der Waals surface area contributed by atoms with Gasteiger partial charge in [-0.15, -0.1) is 0 Å². The molecule has 26 heavy (non-hydrogen) atoms. The molecule has 2 nitrogen and oxygen atoms in total. The van der Waals surface area contributed by atoms with Gasteiger partial charge in [-0.25, -0.2) is 0 Å². The van der Waals surface area contributed by atoms with Crippen LogP contribution in [0.3, 0.4) is 0 Å². The summed E-state index contributed by atoms with van der Waals surface area (Å²) in [5, 5.41) is 1.25. The van der Waals surface area contributed by atoms with E-state index >= 15 is 0 Å². The van der Waals surface area contributed by atoms with Crippen LogP contribution in [-0.2, 0) is 6.42 Å². The molecule has 130 valence electrons. The smallest absolute Gasteiger partial charge is 0.254 e. The Hall–Kier alpha value is -2.29. The number of halogens is 2. The Balaban J connectivity index is 1.80. The molecule has 1 heterocycles. The quantitative estimate of drug-likeness (QED) is 0.550. The Labute approximate surface area is 163 Å². The van der Waals surface area contributed by atoms with E-state index < -0.39 is 0 Å². The van der Waals surface area contributed by atoms with Crippen LogP contribution in [0, 0.1) is 0 Å². The summed E-state index contributed by atoms with van der Waals surface area (Å²) in [5.41, 5.74) is 4.10. The number of carbonyl (C=O) groups excluding carboxylic acids is 1. The monoisotopic (exact) mass is 381 g/mol. The molecule has 1 amide bonds. The lowest BCUT2D eigenvalue weighted by Gasteiger charge is -2.38. The van der Waals surface area contributed by atoms with Gasteiger partial charge in [-0.2, -0.15) is 0 Å². The average Bonchev–Trinajstić information content (AvgIpc) is 2.67. The van der Waals surface area contributed by atoms with Crippen LogP contribution >= 0.6 is 23.2 Å². The molecule has 3 aromatic carbocycles. The third-order valence-corrected chi connectivity index (χ3v) is 5.29. The summed E-state index contributed by atoms with van der Waals surface area (Å²) in [6, 6.07) is 23.0. The van der Waals surface area contributed by atoms with Crippen LogP contribution < -0.4 is 0 Å². The molecule has 3 aromatic rings. The van der Waals surface area contributed by atoms with Crippen LogP contribution in [0.2, 0.25) is 10.0 Å². The maximum atomic E-state index is 13.3. The van der Waals surface area contributed by atoms with Crippen molar-refractivity contribution in [3.63, 3.8) is 0 Å². The number of rotatable bonds is 2. The molecule has 1 aliphatic heterocycles. The fraction of sp³-hybridized carbons (Fsp3) is 0.136. The highest BCUT2D eigenvalue weighted by atomic mass is 35.5. The number of carbonyl (C=O) groups is 1. The van der Waals surface area contributed by atoms with Crippen molar-refractivity contribution in [1.82, 2.24) is 4.90 Å². The highest BCUT2D eigenvalue weighted by Crippen LogP contribution is 2.36. The number of hydrogen-bond donors (Lipinski definition) is 0. The molecule has 0 unspecified atom stereocenters. The molecule has 0 aliphatic carbocycles. The molecule has 0 spiro atoms. The zero-order valence-electron chi connectivity index (χ0n) is 14.0. The molecule has 0 aromatic heterocycles. The van der Waals surface area contributed by atoms with Crippen molar-refractivity contribution in [3.8, 4) is 0 Å². The van der Waals surface area contributed by atoms with Crippen molar-refractivity contribution in [3.05, 3.63) is 105 Å². The van der Waals surface area contributed by atoms with E-state index in [0.717, 1.165) is 17.5 Å². The summed E-state index contributed by atoms with van der Waals surface area (Å²) in [5.74, 6) is -0.0121. The Bertz CT molecular complexity index is 952. The summed E-state index contributed by atoms with van der Waals surface area (Å²) in [7, 11) is 0. The van der Waals surface area contributed by atoms with Crippen molar-refractivity contribution < 1.29 is 4.79 Å². The fourth-order valence-electron chi connectivity index (χ4n) is 3.58. The first kappa shape index (κ1) is 17.1. The first-order valence-electron chi connectivity index (χ1n) is 8.53. The molecule has 0 bridgehead atoms. The van der Waals surface area contributed by atoms with Gasteiger partial charge in [0.05, 0.1) is 6.04 Å². The maximum absolute atomic E-state index is 13.3. The minimum atomic E-state index is -0.135. The van der Waals surface area contributed by atoms with Crippen molar-refractivity contribution in [2.75, 3.05) is 6.54 Å². The molecule has 4 heteroatoms. The number of fused-ring (bicyclic) bond motifs is 1. The molecule has 1 atom stereocenters. The van der Waals surface area contributed by atoms with Crippen LogP contribution in [0.1, 0.15) is 33.1 Å². The number of benzene rings is 3. The second kappa shape index (κ2) is 7.14. The molecular formula is C22H17Cl2NO. The average molecular weight is 382 g/mol. The highest BCUT2D eigenvalue weighted by Gasteiger charge is 2.32. The Morgan fingerprint density at radius 3 is 2.42 bits per heavy atom. The van der Waals surface area contributed by atoms with Gasteiger partial charge in [-0.1, -0.05) is 65.7 Å². The molecule has 1 aliphatic rings. The lowest BCUT2D eigenvalue weighted by Crippen LogP contribution is -2.40. The number of nitrogens with zero attached hydrogens (tertiary/aromatic N) is 1. The summed E-state index contributed by atoms with van der Waals surface area (Å²) < 4.78 is 0. The topological polar surface area (TPSA) is 20.3 Å². The summed E-state index contributed by atoms with van der Waals surface area (Å²) in [4.78, 5) is 15.2.